The molecule has 0 radical (unpaired) electrons. The van der Waals surface area contributed by atoms with E-state index in [4.69, 9.17) is 23.8 Å². The van der Waals surface area contributed by atoms with Gasteiger partial charge in [0.05, 0.1) is 28.1 Å². The summed E-state index contributed by atoms with van der Waals surface area (Å²) in [5.74, 6) is 1.76. The van der Waals surface area contributed by atoms with Crippen LogP contribution in [0.5, 0.6) is 0 Å². The van der Waals surface area contributed by atoms with Crippen LogP contribution in [0.15, 0.2) is 179 Å². The smallest absolute Gasteiger partial charge is 0.227 e. The number of nitrogens with zero attached hydrogens (tertiary/aromatic N) is 6. The van der Waals surface area contributed by atoms with Crippen molar-refractivity contribution >= 4 is 44.0 Å². The van der Waals surface area contributed by atoms with E-state index in [2.05, 4.69) is 69.5 Å². The lowest BCUT2D eigenvalue weighted by atomic mass is 10.0. The Bertz CT molecular complexity index is 3040. The molecule has 0 saturated carbocycles. The van der Waals surface area contributed by atoms with Crippen LogP contribution in [-0.2, 0) is 0 Å². The van der Waals surface area contributed by atoms with Crippen LogP contribution >= 0.6 is 0 Å². The number of fused-ring (bicyclic) bond motifs is 5. The number of aromatic nitrogens is 6. The van der Waals surface area contributed by atoms with E-state index in [-0.39, 0.29) is 0 Å². The van der Waals surface area contributed by atoms with Crippen molar-refractivity contribution in [3.8, 4) is 68.1 Å². The van der Waals surface area contributed by atoms with Crippen molar-refractivity contribution in [1.29, 1.82) is 0 Å². The molecule has 0 aliphatic heterocycles. The van der Waals surface area contributed by atoms with Crippen LogP contribution in [0.4, 0.5) is 0 Å². The van der Waals surface area contributed by atoms with Gasteiger partial charge >= 0.3 is 0 Å². The lowest BCUT2D eigenvalue weighted by molar-refractivity contribution is 0.619. The zero-order chi connectivity index (χ0) is 37.0. The molecular formula is C48H28N6O2. The van der Waals surface area contributed by atoms with Gasteiger partial charge in [-0.1, -0.05) is 97.1 Å². The Hall–Kier alpha value is -7.84. The first-order valence-electron chi connectivity index (χ1n) is 18.3. The van der Waals surface area contributed by atoms with Gasteiger partial charge in [0.1, 0.15) is 11.0 Å². The van der Waals surface area contributed by atoms with Gasteiger partial charge in [0.25, 0.3) is 0 Å². The summed E-state index contributed by atoms with van der Waals surface area (Å²) in [4.78, 5) is 29.2. The highest BCUT2D eigenvalue weighted by molar-refractivity contribution is 6.03. The van der Waals surface area contributed by atoms with E-state index in [1.807, 2.05) is 115 Å². The third kappa shape index (κ3) is 5.64. The molecule has 0 atom stereocenters. The summed E-state index contributed by atoms with van der Waals surface area (Å²) in [6.45, 7) is 0. The monoisotopic (exact) mass is 720 g/mol. The van der Waals surface area contributed by atoms with Gasteiger partial charge < -0.3 is 8.83 Å². The summed E-state index contributed by atoms with van der Waals surface area (Å²) in [6, 6.07) is 54.4. The van der Waals surface area contributed by atoms with Gasteiger partial charge in [0, 0.05) is 50.4 Å². The average Bonchev–Trinajstić information content (AvgIpc) is 3.92. The number of rotatable bonds is 6. The second-order valence-corrected chi connectivity index (χ2v) is 13.6. The minimum absolute atomic E-state index is 0.575. The van der Waals surface area contributed by atoms with Crippen LogP contribution in [-0.4, -0.2) is 29.9 Å². The molecule has 0 fully saturated rings. The Labute approximate surface area is 319 Å². The predicted octanol–water partition coefficient (Wildman–Crippen LogP) is 11.9. The highest BCUT2D eigenvalue weighted by Gasteiger charge is 2.15. The molecule has 0 bridgehead atoms. The second-order valence-electron chi connectivity index (χ2n) is 13.6. The third-order valence-electron chi connectivity index (χ3n) is 10.0. The largest absolute Gasteiger partial charge is 0.436 e. The number of oxazole rings is 2. The first-order valence-corrected chi connectivity index (χ1v) is 18.3. The fraction of sp³-hybridized carbons (Fsp3) is 0. The molecule has 262 valence electrons. The maximum absolute atomic E-state index is 6.04. The maximum atomic E-state index is 6.04. The van der Waals surface area contributed by atoms with Crippen LogP contribution in [0.25, 0.3) is 112 Å². The van der Waals surface area contributed by atoms with Gasteiger partial charge in [0.2, 0.25) is 11.8 Å². The first-order chi connectivity index (χ1) is 27.7. The number of hydrogen-bond acceptors (Lipinski definition) is 8. The van der Waals surface area contributed by atoms with Crippen LogP contribution in [0.1, 0.15) is 0 Å². The van der Waals surface area contributed by atoms with E-state index in [0.717, 1.165) is 94.5 Å². The van der Waals surface area contributed by atoms with Gasteiger partial charge in [-0.05, 0) is 66.7 Å². The summed E-state index contributed by atoms with van der Waals surface area (Å²) in [6.07, 6.45) is 1.81. The summed E-state index contributed by atoms with van der Waals surface area (Å²) < 4.78 is 12.1. The number of pyridine rings is 2. The van der Waals surface area contributed by atoms with E-state index < -0.39 is 0 Å². The van der Waals surface area contributed by atoms with Crippen molar-refractivity contribution < 1.29 is 8.83 Å². The molecule has 0 aliphatic rings. The van der Waals surface area contributed by atoms with Crippen molar-refractivity contribution in [3.63, 3.8) is 0 Å². The topological polar surface area (TPSA) is 104 Å². The molecule has 0 unspecified atom stereocenters. The van der Waals surface area contributed by atoms with Crippen LogP contribution in [0.3, 0.4) is 0 Å². The number of benzene rings is 6. The Balaban J connectivity index is 0.970. The van der Waals surface area contributed by atoms with Crippen LogP contribution < -0.4 is 0 Å². The second kappa shape index (κ2) is 12.9. The van der Waals surface area contributed by atoms with Crippen molar-refractivity contribution in [3.05, 3.63) is 170 Å². The third-order valence-corrected chi connectivity index (χ3v) is 10.0. The lowest BCUT2D eigenvalue weighted by Crippen LogP contribution is -1.96. The first kappa shape index (κ1) is 31.7. The Morgan fingerprint density at radius 2 is 0.821 bits per heavy atom. The molecule has 0 amide bonds. The van der Waals surface area contributed by atoms with Crippen molar-refractivity contribution in [1.82, 2.24) is 29.9 Å². The van der Waals surface area contributed by atoms with Crippen LogP contribution in [0, 0.1) is 0 Å². The molecule has 0 saturated heterocycles. The molecule has 0 spiro atoms. The van der Waals surface area contributed by atoms with E-state index in [0.29, 0.717) is 17.6 Å². The normalized spacial score (nSPS) is 11.6. The summed E-state index contributed by atoms with van der Waals surface area (Å²) >= 11 is 0. The zero-order valence-electron chi connectivity index (χ0n) is 29.7. The molecular weight excluding hydrogens is 693 g/mol. The fourth-order valence-corrected chi connectivity index (χ4v) is 7.11. The molecule has 56 heavy (non-hydrogen) atoms. The standard InChI is InChI=1S/C48H28N6O2/c1-3-9-42-38(7-1)53-47(55-42)35-21-13-30(14-22-35)40-28-41(31-15-23-36(24-16-31)48-54-39-8-2-4-10-43(39)56-48)52-46(51-40)34-19-11-29(12-20-34)37-26-25-33-18-17-32-6-5-27-49-44(32)45(33)50-37/h1-28H. The van der Waals surface area contributed by atoms with Crippen molar-refractivity contribution in [2.24, 2.45) is 0 Å². The molecule has 11 rings (SSSR count). The van der Waals surface area contributed by atoms with Crippen molar-refractivity contribution in [2.45, 2.75) is 0 Å². The summed E-state index contributed by atoms with van der Waals surface area (Å²) in [5.41, 5.74) is 12.9. The average molecular weight is 721 g/mol. The fourth-order valence-electron chi connectivity index (χ4n) is 7.11. The summed E-state index contributed by atoms with van der Waals surface area (Å²) in [5, 5.41) is 2.12. The summed E-state index contributed by atoms with van der Waals surface area (Å²) in [7, 11) is 0. The van der Waals surface area contributed by atoms with Gasteiger partial charge in [-0.25, -0.2) is 24.9 Å². The molecule has 11 aromatic rings. The van der Waals surface area contributed by atoms with Crippen LogP contribution in [0.2, 0.25) is 0 Å². The molecule has 6 aromatic carbocycles. The Kier molecular flexibility index (Phi) is 7.31. The quantitative estimate of drug-likeness (QED) is 0.156. The molecule has 0 N–H and O–H groups in total. The van der Waals surface area contributed by atoms with E-state index in [1.165, 1.54) is 0 Å². The minimum atomic E-state index is 0.575. The molecule has 0 aliphatic carbocycles. The van der Waals surface area contributed by atoms with E-state index in [1.54, 1.807) is 0 Å². The molecule has 5 heterocycles. The molecule has 8 heteroatoms. The van der Waals surface area contributed by atoms with Gasteiger partial charge in [0.15, 0.2) is 17.0 Å². The van der Waals surface area contributed by atoms with Gasteiger partial charge in [-0.15, -0.1) is 0 Å². The number of para-hydroxylation sites is 4. The minimum Gasteiger partial charge on any atom is -0.436 e. The SMILES string of the molecule is c1cnc2c(c1)ccc1ccc(-c3ccc(-c4nc(-c5ccc(-c6nc7ccccc7o6)cc5)cc(-c5ccc(-c6nc7ccccc7o6)cc5)n4)cc3)nc12. The maximum Gasteiger partial charge on any atom is 0.227 e. The highest BCUT2D eigenvalue weighted by Crippen LogP contribution is 2.33. The zero-order valence-corrected chi connectivity index (χ0v) is 29.7. The highest BCUT2D eigenvalue weighted by atomic mass is 16.4. The van der Waals surface area contributed by atoms with Gasteiger partial charge in [-0.2, -0.15) is 0 Å². The van der Waals surface area contributed by atoms with Gasteiger partial charge in [-0.3, -0.25) is 4.98 Å². The van der Waals surface area contributed by atoms with E-state index in [9.17, 15) is 0 Å². The molecule has 5 aromatic heterocycles. The van der Waals surface area contributed by atoms with Crippen molar-refractivity contribution in [2.75, 3.05) is 0 Å². The Morgan fingerprint density at radius 1 is 0.339 bits per heavy atom. The van der Waals surface area contributed by atoms with E-state index >= 15 is 0 Å². The Morgan fingerprint density at radius 3 is 1.39 bits per heavy atom. The predicted molar refractivity (Wildman–Crippen MR) is 220 cm³/mol. The lowest BCUT2D eigenvalue weighted by Gasteiger charge is -2.11. The molecule has 8 nitrogen and oxygen atoms in total. The number of hydrogen-bond donors (Lipinski definition) is 0.